The van der Waals surface area contributed by atoms with Crippen molar-refractivity contribution in [2.24, 2.45) is 4.99 Å². The molecule has 1 unspecified atom stereocenters. The van der Waals surface area contributed by atoms with Crippen LogP contribution in [0.25, 0.3) is 0 Å². The van der Waals surface area contributed by atoms with Gasteiger partial charge < -0.3 is 25.0 Å². The summed E-state index contributed by atoms with van der Waals surface area (Å²) in [5.74, 6) is 2.41. The topological polar surface area (TPSA) is 58.1 Å². The zero-order valence-electron chi connectivity index (χ0n) is 17.6. The van der Waals surface area contributed by atoms with Gasteiger partial charge in [0.05, 0.1) is 19.7 Å². The normalized spacial score (nSPS) is 15.1. The third-order valence-electron chi connectivity index (χ3n) is 5.14. The summed E-state index contributed by atoms with van der Waals surface area (Å²) in [6.07, 6.45) is 2.57. The lowest BCUT2D eigenvalue weighted by Gasteiger charge is -2.22. The Hall–Kier alpha value is -2.89. The number of methoxy groups -OCH3 is 1. The van der Waals surface area contributed by atoms with Crippen molar-refractivity contribution in [2.45, 2.75) is 25.8 Å². The van der Waals surface area contributed by atoms with E-state index >= 15 is 0 Å². The van der Waals surface area contributed by atoms with Crippen molar-refractivity contribution >= 4 is 11.6 Å². The second-order valence-electron chi connectivity index (χ2n) is 7.18. The first-order chi connectivity index (χ1) is 14.2. The molecule has 0 aliphatic carbocycles. The number of hydrogen-bond acceptors (Lipinski definition) is 4. The minimum Gasteiger partial charge on any atom is -0.497 e. The van der Waals surface area contributed by atoms with Crippen molar-refractivity contribution in [3.8, 4) is 11.5 Å². The summed E-state index contributed by atoms with van der Waals surface area (Å²) in [6, 6.07) is 16.5. The molecule has 0 bridgehead atoms. The van der Waals surface area contributed by atoms with Gasteiger partial charge in [0.2, 0.25) is 0 Å². The Bertz CT molecular complexity index is 786. The second-order valence-corrected chi connectivity index (χ2v) is 7.18. The molecule has 6 nitrogen and oxygen atoms in total. The third-order valence-corrected chi connectivity index (χ3v) is 5.14. The molecule has 156 valence electrons. The van der Waals surface area contributed by atoms with E-state index in [2.05, 4.69) is 51.7 Å². The van der Waals surface area contributed by atoms with Crippen LogP contribution in [0.2, 0.25) is 0 Å². The average molecular weight is 397 g/mol. The summed E-state index contributed by atoms with van der Waals surface area (Å²) in [5.41, 5.74) is 2.57. The van der Waals surface area contributed by atoms with Crippen LogP contribution in [0.5, 0.6) is 11.5 Å². The van der Waals surface area contributed by atoms with E-state index in [-0.39, 0.29) is 6.04 Å². The second kappa shape index (κ2) is 10.6. The summed E-state index contributed by atoms with van der Waals surface area (Å²) in [4.78, 5) is 6.79. The van der Waals surface area contributed by atoms with Gasteiger partial charge in [0, 0.05) is 25.8 Å². The maximum atomic E-state index is 5.76. The van der Waals surface area contributed by atoms with E-state index in [4.69, 9.17) is 9.47 Å². The number of anilines is 1. The van der Waals surface area contributed by atoms with Crippen LogP contribution in [0, 0.1) is 0 Å². The molecule has 0 radical (unpaired) electrons. The molecule has 1 aliphatic heterocycles. The number of guanidine groups is 1. The molecule has 2 aromatic carbocycles. The van der Waals surface area contributed by atoms with Gasteiger partial charge in [-0.15, -0.1) is 0 Å². The minimum absolute atomic E-state index is 0.159. The summed E-state index contributed by atoms with van der Waals surface area (Å²) in [5, 5.41) is 6.77. The molecule has 1 saturated heterocycles. The monoisotopic (exact) mass is 396 g/mol. The SMILES string of the molecule is CN=C(NCCOc1ccc(OC)cc1)NC(C)c1cccc(N2CCCC2)c1. The van der Waals surface area contributed by atoms with Crippen molar-refractivity contribution in [1.29, 1.82) is 0 Å². The fourth-order valence-electron chi connectivity index (χ4n) is 3.46. The predicted molar refractivity (Wildman–Crippen MR) is 119 cm³/mol. The Morgan fingerprint density at radius 3 is 2.52 bits per heavy atom. The molecule has 1 aliphatic rings. The molecule has 0 aromatic heterocycles. The first-order valence-electron chi connectivity index (χ1n) is 10.3. The Kier molecular flexibility index (Phi) is 7.61. The lowest BCUT2D eigenvalue weighted by molar-refractivity contribution is 0.321. The Balaban J connectivity index is 1.46. The highest BCUT2D eigenvalue weighted by Crippen LogP contribution is 2.24. The standard InChI is InChI=1S/C23H32N4O2/c1-18(19-7-6-8-20(17-19)27-14-4-5-15-27)26-23(24-2)25-13-16-29-22-11-9-21(28-3)10-12-22/h6-12,17-18H,4-5,13-16H2,1-3H3,(H2,24,25,26). The fourth-order valence-corrected chi connectivity index (χ4v) is 3.46. The van der Waals surface area contributed by atoms with Crippen molar-refractivity contribution in [2.75, 3.05) is 45.3 Å². The number of nitrogens with zero attached hydrogens (tertiary/aromatic N) is 2. The molecule has 0 spiro atoms. The minimum atomic E-state index is 0.159. The Labute approximate surface area is 173 Å². The number of nitrogens with one attached hydrogen (secondary N) is 2. The summed E-state index contributed by atoms with van der Waals surface area (Å²) >= 11 is 0. The molecule has 2 N–H and O–H groups in total. The van der Waals surface area contributed by atoms with Crippen LogP contribution < -0.4 is 25.0 Å². The van der Waals surface area contributed by atoms with E-state index < -0.39 is 0 Å². The molecular formula is C23H32N4O2. The van der Waals surface area contributed by atoms with Crippen LogP contribution in [0.4, 0.5) is 5.69 Å². The first kappa shape index (κ1) is 20.8. The van der Waals surface area contributed by atoms with E-state index in [1.807, 2.05) is 24.3 Å². The van der Waals surface area contributed by atoms with Crippen LogP contribution in [-0.2, 0) is 0 Å². The number of rotatable bonds is 8. The maximum Gasteiger partial charge on any atom is 0.191 e. The molecule has 0 saturated carbocycles. The highest BCUT2D eigenvalue weighted by atomic mass is 16.5. The van der Waals surface area contributed by atoms with E-state index in [1.165, 1.54) is 24.1 Å². The maximum absolute atomic E-state index is 5.76. The van der Waals surface area contributed by atoms with Crippen LogP contribution in [-0.4, -0.2) is 46.4 Å². The van der Waals surface area contributed by atoms with Crippen molar-refractivity contribution in [3.05, 3.63) is 54.1 Å². The van der Waals surface area contributed by atoms with Gasteiger partial charge >= 0.3 is 0 Å². The molecule has 2 aromatic rings. The van der Waals surface area contributed by atoms with Crippen LogP contribution in [0.3, 0.4) is 0 Å². The van der Waals surface area contributed by atoms with Gasteiger partial charge in [0.25, 0.3) is 0 Å². The number of ether oxygens (including phenoxy) is 2. The quantitative estimate of drug-likeness (QED) is 0.406. The Morgan fingerprint density at radius 1 is 1.10 bits per heavy atom. The highest BCUT2D eigenvalue weighted by Gasteiger charge is 2.14. The Morgan fingerprint density at radius 2 is 1.83 bits per heavy atom. The zero-order valence-corrected chi connectivity index (χ0v) is 17.6. The molecular weight excluding hydrogens is 364 g/mol. The number of benzene rings is 2. The number of aliphatic imine (C=N–C) groups is 1. The molecule has 1 atom stereocenters. The summed E-state index contributed by atoms with van der Waals surface area (Å²) in [7, 11) is 3.44. The van der Waals surface area contributed by atoms with Crippen LogP contribution in [0.1, 0.15) is 31.4 Å². The van der Waals surface area contributed by atoms with Crippen molar-refractivity contribution in [1.82, 2.24) is 10.6 Å². The molecule has 0 amide bonds. The van der Waals surface area contributed by atoms with E-state index in [9.17, 15) is 0 Å². The summed E-state index contributed by atoms with van der Waals surface area (Å²) in [6.45, 7) is 5.67. The van der Waals surface area contributed by atoms with Crippen LogP contribution >= 0.6 is 0 Å². The van der Waals surface area contributed by atoms with E-state index in [1.54, 1.807) is 14.2 Å². The molecule has 1 heterocycles. The zero-order chi connectivity index (χ0) is 20.5. The van der Waals surface area contributed by atoms with Gasteiger partial charge in [-0.3, -0.25) is 4.99 Å². The largest absolute Gasteiger partial charge is 0.497 e. The lowest BCUT2D eigenvalue weighted by Crippen LogP contribution is -2.40. The van der Waals surface area contributed by atoms with Gasteiger partial charge in [-0.05, 0) is 61.7 Å². The average Bonchev–Trinajstić information content (AvgIpc) is 3.31. The molecule has 29 heavy (non-hydrogen) atoms. The summed E-state index contributed by atoms with van der Waals surface area (Å²) < 4.78 is 10.9. The third kappa shape index (κ3) is 6.04. The highest BCUT2D eigenvalue weighted by molar-refractivity contribution is 5.80. The molecule has 1 fully saturated rings. The van der Waals surface area contributed by atoms with Crippen LogP contribution in [0.15, 0.2) is 53.5 Å². The first-order valence-corrected chi connectivity index (χ1v) is 10.3. The molecule has 6 heteroatoms. The van der Waals surface area contributed by atoms with Gasteiger partial charge in [-0.2, -0.15) is 0 Å². The smallest absolute Gasteiger partial charge is 0.191 e. The van der Waals surface area contributed by atoms with Gasteiger partial charge in [-0.25, -0.2) is 0 Å². The van der Waals surface area contributed by atoms with Gasteiger partial charge in [0.15, 0.2) is 5.96 Å². The lowest BCUT2D eigenvalue weighted by atomic mass is 10.1. The number of hydrogen-bond donors (Lipinski definition) is 2. The van der Waals surface area contributed by atoms with Crippen molar-refractivity contribution in [3.63, 3.8) is 0 Å². The molecule has 3 rings (SSSR count). The fraction of sp³-hybridized carbons (Fsp3) is 0.435. The van der Waals surface area contributed by atoms with Gasteiger partial charge in [-0.1, -0.05) is 12.1 Å². The van der Waals surface area contributed by atoms with Crippen molar-refractivity contribution < 1.29 is 9.47 Å². The predicted octanol–water partition coefficient (Wildman–Crippen LogP) is 3.60. The van der Waals surface area contributed by atoms with E-state index in [0.29, 0.717) is 13.2 Å². The van der Waals surface area contributed by atoms with E-state index in [0.717, 1.165) is 30.5 Å². The van der Waals surface area contributed by atoms with Gasteiger partial charge in [0.1, 0.15) is 18.1 Å².